The van der Waals surface area contributed by atoms with Crippen LogP contribution >= 0.6 is 0 Å². The molecule has 0 bridgehead atoms. The molecule has 6 rings (SSSR count). The lowest BCUT2D eigenvalue weighted by Gasteiger charge is -2.38. The Balaban J connectivity index is 1.46. The van der Waals surface area contributed by atoms with Crippen LogP contribution in [0.2, 0.25) is 0 Å². The number of aryl methyl sites for hydroxylation is 2. The number of nitrogens with two attached hydrogens (primary N) is 1. The Morgan fingerprint density at radius 3 is 2.10 bits per heavy atom. The van der Waals surface area contributed by atoms with Gasteiger partial charge in [0.1, 0.15) is 17.7 Å². The first-order chi connectivity index (χ1) is 23.1. The summed E-state index contributed by atoms with van der Waals surface area (Å²) in [6.07, 6.45) is 3.18. The van der Waals surface area contributed by atoms with Crippen LogP contribution in [-0.4, -0.2) is 67.2 Å². The first-order valence-electron chi connectivity index (χ1n) is 16.3. The number of benzene rings is 3. The van der Waals surface area contributed by atoms with Gasteiger partial charge < -0.3 is 26.6 Å². The molecule has 48 heavy (non-hydrogen) atoms. The van der Waals surface area contributed by atoms with E-state index in [9.17, 15) is 24.0 Å². The van der Waals surface area contributed by atoms with Crippen LogP contribution in [0.25, 0.3) is 0 Å². The van der Waals surface area contributed by atoms with Crippen molar-refractivity contribution in [1.82, 2.24) is 20.9 Å². The lowest BCUT2D eigenvalue weighted by Crippen LogP contribution is -2.49. The molecule has 4 atom stereocenters. The molecule has 248 valence electrons. The number of hydrogen-bond acceptors (Lipinski definition) is 6. The van der Waals surface area contributed by atoms with Crippen LogP contribution in [-0.2, 0) is 23.1 Å². The molecule has 5 N–H and O–H groups in total. The number of hydrogen-bond donors (Lipinski definition) is 4. The van der Waals surface area contributed by atoms with Crippen LogP contribution in [0.15, 0.2) is 65.7 Å². The number of piperidine rings is 1. The highest BCUT2D eigenvalue weighted by Gasteiger charge is 2.54. The number of carbonyl (C=O) groups is 3. The summed E-state index contributed by atoms with van der Waals surface area (Å²) in [4.78, 5) is 45.5. The van der Waals surface area contributed by atoms with Gasteiger partial charge in [-0.3, -0.25) is 14.4 Å². The summed E-state index contributed by atoms with van der Waals surface area (Å²) >= 11 is 0. The van der Waals surface area contributed by atoms with Crippen molar-refractivity contribution in [1.29, 1.82) is 5.26 Å². The van der Waals surface area contributed by atoms with Crippen molar-refractivity contribution in [3.63, 3.8) is 0 Å². The van der Waals surface area contributed by atoms with Gasteiger partial charge in [-0.1, -0.05) is 12.1 Å². The average molecular weight is 650 g/mol. The number of fused-ring (bicyclic) bond motifs is 3. The van der Waals surface area contributed by atoms with Crippen LogP contribution in [0.5, 0.6) is 0 Å². The number of halogens is 1. The van der Waals surface area contributed by atoms with Crippen molar-refractivity contribution in [2.45, 2.75) is 62.6 Å². The van der Waals surface area contributed by atoms with Crippen molar-refractivity contribution in [3.05, 3.63) is 99.9 Å². The summed E-state index contributed by atoms with van der Waals surface area (Å²) in [5, 5.41) is 18.4. The molecule has 3 aliphatic rings. The van der Waals surface area contributed by atoms with Gasteiger partial charge >= 0.3 is 0 Å². The summed E-state index contributed by atoms with van der Waals surface area (Å²) in [7, 11) is 3.17. The van der Waals surface area contributed by atoms with E-state index < -0.39 is 17.3 Å². The Morgan fingerprint density at radius 1 is 0.979 bits per heavy atom. The molecular formula is C37H40FN7O3. The molecule has 3 amide bonds. The van der Waals surface area contributed by atoms with E-state index in [0.717, 1.165) is 35.1 Å². The molecule has 3 aromatic carbocycles. The third kappa shape index (κ3) is 6.04. The van der Waals surface area contributed by atoms with E-state index in [-0.39, 0.29) is 42.2 Å². The number of aliphatic imine (C=N–C) groups is 1. The van der Waals surface area contributed by atoms with Gasteiger partial charge in [0.25, 0.3) is 11.8 Å². The molecule has 11 heteroatoms. The largest absolute Gasteiger partial charge is 0.386 e. The lowest BCUT2D eigenvalue weighted by atomic mass is 9.67. The number of nitriles is 1. The van der Waals surface area contributed by atoms with E-state index in [0.29, 0.717) is 42.0 Å². The molecule has 0 unspecified atom stereocenters. The van der Waals surface area contributed by atoms with Crippen LogP contribution in [0.4, 0.5) is 10.1 Å². The predicted molar refractivity (Wildman–Crippen MR) is 180 cm³/mol. The topological polar surface area (TPSA) is 153 Å². The Labute approximate surface area is 279 Å². The highest BCUT2D eigenvalue weighted by molar-refractivity contribution is 6.00. The predicted octanol–water partition coefficient (Wildman–Crippen LogP) is 3.50. The minimum atomic E-state index is -1.07. The van der Waals surface area contributed by atoms with E-state index in [1.807, 2.05) is 31.2 Å². The first-order valence-corrected chi connectivity index (χ1v) is 16.3. The van der Waals surface area contributed by atoms with E-state index in [1.165, 1.54) is 12.1 Å². The summed E-state index contributed by atoms with van der Waals surface area (Å²) < 4.78 is 13.9. The van der Waals surface area contributed by atoms with Crippen molar-refractivity contribution >= 4 is 29.2 Å². The number of rotatable bonds is 9. The fraction of sp³-hybridized carbons (Fsp3) is 0.378. The van der Waals surface area contributed by atoms with E-state index in [4.69, 9.17) is 10.7 Å². The van der Waals surface area contributed by atoms with Crippen molar-refractivity contribution in [2.75, 3.05) is 20.6 Å². The molecule has 1 heterocycles. The lowest BCUT2D eigenvalue weighted by molar-refractivity contribution is -0.131. The Hall–Kier alpha value is -5.08. The number of carbonyl (C=O) groups excluding carboxylic acids is 3. The number of likely N-dealkylation sites (tertiary alicyclic amines) is 1. The highest BCUT2D eigenvalue weighted by Crippen LogP contribution is 2.48. The highest BCUT2D eigenvalue weighted by atomic mass is 19.1. The molecule has 1 aliphatic heterocycles. The zero-order valence-corrected chi connectivity index (χ0v) is 27.3. The zero-order valence-electron chi connectivity index (χ0n) is 27.3. The molecule has 2 aliphatic carbocycles. The smallest absolute Gasteiger partial charge is 0.251 e. The summed E-state index contributed by atoms with van der Waals surface area (Å²) in [6.45, 7) is 2.03. The molecule has 10 nitrogen and oxygen atoms in total. The number of amides is 3. The second-order valence-corrected chi connectivity index (χ2v) is 13.0. The molecule has 0 aromatic heterocycles. The van der Waals surface area contributed by atoms with Gasteiger partial charge in [0.05, 0.1) is 23.7 Å². The fourth-order valence-corrected chi connectivity index (χ4v) is 7.58. The van der Waals surface area contributed by atoms with E-state index in [2.05, 4.69) is 22.0 Å². The van der Waals surface area contributed by atoms with Crippen molar-refractivity contribution in [2.24, 2.45) is 16.6 Å². The van der Waals surface area contributed by atoms with E-state index >= 15 is 0 Å². The standard InChI is InChI=1S/C37H40FN7O3/c1-21(43-20-33(46)45-29(19-39)16-26-17-32(26)45)18-37(36(40)44-28-10-8-27(38)9-11-28)30-12-6-24(34(47)41-2)14-22(30)4-5-23-15-25(35(48)42-3)7-13-31(23)37/h6-15,21,26,29,32,43H,4-5,16-18,20H2,1-3H3,(H2,40,44)(H,41,47)(H,42,48)/t21-,26-,29+,32+/m1/s1. The third-order valence-electron chi connectivity index (χ3n) is 10.0. The summed E-state index contributed by atoms with van der Waals surface area (Å²) in [5.74, 6) is -0.267. The monoisotopic (exact) mass is 649 g/mol. The Kier molecular flexibility index (Phi) is 9.03. The normalized spacial score (nSPS) is 21.1. The van der Waals surface area contributed by atoms with Gasteiger partial charge in [-0.15, -0.1) is 0 Å². The SMILES string of the molecule is CNC(=O)c1ccc2c(c1)CCc1cc(C(=O)NC)ccc1C2(C[C@@H](C)NCC(=O)N1[C@H](C#N)C[C@@H]2C[C@@H]21)C(N)=Nc1ccc(F)cc1. The second-order valence-electron chi connectivity index (χ2n) is 13.0. The number of nitrogens with zero attached hydrogens (tertiary/aromatic N) is 3. The maximum absolute atomic E-state index is 13.9. The minimum absolute atomic E-state index is 0.0542. The number of amidine groups is 1. The van der Waals surface area contributed by atoms with Crippen molar-refractivity contribution < 1.29 is 18.8 Å². The van der Waals surface area contributed by atoms with Gasteiger partial charge in [-0.05, 0) is 116 Å². The van der Waals surface area contributed by atoms with Crippen LogP contribution in [0.3, 0.4) is 0 Å². The first kappa shape index (κ1) is 32.8. The minimum Gasteiger partial charge on any atom is -0.386 e. The Bertz CT molecular complexity index is 1770. The third-order valence-corrected chi connectivity index (χ3v) is 10.0. The second kappa shape index (κ2) is 13.2. The van der Waals surface area contributed by atoms with E-state index in [1.54, 1.807) is 43.3 Å². The Morgan fingerprint density at radius 2 is 1.56 bits per heavy atom. The van der Waals surface area contributed by atoms with Gasteiger partial charge in [0.15, 0.2) is 0 Å². The average Bonchev–Trinajstić information content (AvgIpc) is 3.79. The fourth-order valence-electron chi connectivity index (χ4n) is 7.58. The maximum atomic E-state index is 13.9. The van der Waals surface area contributed by atoms with Gasteiger partial charge in [-0.2, -0.15) is 5.26 Å². The molecule has 3 aromatic rings. The summed E-state index contributed by atoms with van der Waals surface area (Å²) in [5.41, 5.74) is 11.1. The zero-order chi connectivity index (χ0) is 34.2. The molecule has 1 saturated carbocycles. The van der Waals surface area contributed by atoms with Crippen LogP contribution < -0.4 is 21.7 Å². The van der Waals surface area contributed by atoms with Crippen molar-refractivity contribution in [3.8, 4) is 6.07 Å². The van der Waals surface area contributed by atoms with Gasteiger partial charge in [0.2, 0.25) is 5.91 Å². The molecular weight excluding hydrogens is 609 g/mol. The summed E-state index contributed by atoms with van der Waals surface area (Å²) in [6, 6.07) is 18.6. The van der Waals surface area contributed by atoms with Gasteiger partial charge in [0, 0.05) is 37.3 Å². The molecule has 1 saturated heterocycles. The quantitative estimate of drug-likeness (QED) is 0.206. The molecule has 0 spiro atoms. The molecule has 0 radical (unpaired) electrons. The number of nitrogens with one attached hydrogen (secondary N) is 3. The van der Waals surface area contributed by atoms with Crippen LogP contribution in [0, 0.1) is 23.1 Å². The van der Waals surface area contributed by atoms with Gasteiger partial charge in [-0.25, -0.2) is 9.38 Å². The van der Waals surface area contributed by atoms with Crippen LogP contribution in [0.1, 0.15) is 69.2 Å². The molecule has 2 fully saturated rings. The maximum Gasteiger partial charge on any atom is 0.251 e.